The zero-order chi connectivity index (χ0) is 17.2. The molecule has 124 valence electrons. The van der Waals surface area contributed by atoms with E-state index in [0.29, 0.717) is 0 Å². The van der Waals surface area contributed by atoms with Gasteiger partial charge >= 0.3 is 0 Å². The first-order valence-electron chi connectivity index (χ1n) is 8.40. The Morgan fingerprint density at radius 3 is 2.64 bits per heavy atom. The average Bonchev–Trinajstić information content (AvgIpc) is 3.05. The second-order valence-corrected chi connectivity index (χ2v) is 6.20. The first-order chi connectivity index (χ1) is 12.2. The predicted octanol–water partition coefficient (Wildman–Crippen LogP) is 4.12. The lowest BCUT2D eigenvalue weighted by Gasteiger charge is -2.07. The minimum Gasteiger partial charge on any atom is -0.316 e. The van der Waals surface area contributed by atoms with Crippen LogP contribution in [0.2, 0.25) is 0 Å². The van der Waals surface area contributed by atoms with Crippen LogP contribution in [0.25, 0.3) is 27.8 Å². The van der Waals surface area contributed by atoms with E-state index < -0.39 is 0 Å². The van der Waals surface area contributed by atoms with Crippen LogP contribution in [-0.2, 0) is 6.54 Å². The zero-order valence-corrected chi connectivity index (χ0v) is 14.4. The summed E-state index contributed by atoms with van der Waals surface area (Å²) >= 11 is 0. The van der Waals surface area contributed by atoms with Gasteiger partial charge in [-0.3, -0.25) is 0 Å². The SMILES string of the molecule is CNCc1cccc(-c2ccc3cnn(-c4cccc(C)n4)c3c2)c1. The number of aryl methyl sites for hydroxylation is 1. The summed E-state index contributed by atoms with van der Waals surface area (Å²) in [7, 11) is 1.96. The zero-order valence-electron chi connectivity index (χ0n) is 14.4. The summed E-state index contributed by atoms with van der Waals surface area (Å²) < 4.78 is 1.91. The van der Waals surface area contributed by atoms with Gasteiger partial charge in [0, 0.05) is 17.6 Å². The molecule has 0 aliphatic rings. The Morgan fingerprint density at radius 2 is 1.80 bits per heavy atom. The first kappa shape index (κ1) is 15.5. The van der Waals surface area contributed by atoms with Gasteiger partial charge in [0.1, 0.15) is 0 Å². The lowest BCUT2D eigenvalue weighted by molar-refractivity contribution is 0.818. The van der Waals surface area contributed by atoms with Crippen LogP contribution in [0.5, 0.6) is 0 Å². The number of rotatable bonds is 4. The van der Waals surface area contributed by atoms with Crippen LogP contribution in [-0.4, -0.2) is 21.8 Å². The van der Waals surface area contributed by atoms with Gasteiger partial charge in [0.2, 0.25) is 0 Å². The van der Waals surface area contributed by atoms with Gasteiger partial charge < -0.3 is 5.32 Å². The Labute approximate surface area is 147 Å². The maximum Gasteiger partial charge on any atom is 0.154 e. The number of nitrogens with one attached hydrogen (secondary N) is 1. The summed E-state index contributed by atoms with van der Waals surface area (Å²) in [6.45, 7) is 2.86. The van der Waals surface area contributed by atoms with Crippen molar-refractivity contribution in [3.05, 3.63) is 78.1 Å². The maximum atomic E-state index is 4.60. The number of fused-ring (bicyclic) bond motifs is 1. The standard InChI is InChI=1S/C21H20N4/c1-15-5-3-8-21(24-15)25-20-12-18(9-10-19(20)14-23-25)17-7-4-6-16(11-17)13-22-2/h3-12,14,22H,13H2,1-2H3. The number of hydrogen-bond acceptors (Lipinski definition) is 3. The number of nitrogens with zero attached hydrogens (tertiary/aromatic N) is 3. The minimum absolute atomic E-state index is 0.844. The number of aromatic nitrogens is 3. The molecule has 0 aliphatic heterocycles. The maximum absolute atomic E-state index is 4.60. The Balaban J connectivity index is 1.82. The lowest BCUT2D eigenvalue weighted by Crippen LogP contribution is -2.04. The van der Waals surface area contributed by atoms with E-state index in [4.69, 9.17) is 0 Å². The summed E-state index contributed by atoms with van der Waals surface area (Å²) in [6, 6.07) is 21.1. The molecule has 0 spiro atoms. The molecule has 2 aromatic carbocycles. The Bertz CT molecular complexity index is 1030. The quantitative estimate of drug-likeness (QED) is 0.613. The van der Waals surface area contributed by atoms with E-state index >= 15 is 0 Å². The van der Waals surface area contributed by atoms with Gasteiger partial charge in [-0.2, -0.15) is 5.10 Å². The predicted molar refractivity (Wildman–Crippen MR) is 102 cm³/mol. The molecule has 0 saturated carbocycles. The van der Waals surface area contributed by atoms with Crippen LogP contribution in [0, 0.1) is 6.92 Å². The molecule has 0 radical (unpaired) electrons. The Hall–Kier alpha value is -2.98. The van der Waals surface area contributed by atoms with Gasteiger partial charge in [-0.05, 0) is 54.9 Å². The molecule has 0 bridgehead atoms. The highest BCUT2D eigenvalue weighted by molar-refractivity contribution is 5.85. The van der Waals surface area contributed by atoms with Gasteiger partial charge in [0.25, 0.3) is 0 Å². The van der Waals surface area contributed by atoms with Crippen molar-refractivity contribution in [1.82, 2.24) is 20.1 Å². The van der Waals surface area contributed by atoms with E-state index in [0.717, 1.165) is 29.0 Å². The molecule has 2 aromatic heterocycles. The van der Waals surface area contributed by atoms with Crippen molar-refractivity contribution < 1.29 is 0 Å². The molecule has 0 amide bonds. The van der Waals surface area contributed by atoms with Crippen LogP contribution in [0.4, 0.5) is 0 Å². The highest BCUT2D eigenvalue weighted by Gasteiger charge is 2.08. The van der Waals surface area contributed by atoms with Crippen molar-refractivity contribution in [3.63, 3.8) is 0 Å². The summed E-state index contributed by atoms with van der Waals surface area (Å²) in [5, 5.41) is 8.84. The molecular weight excluding hydrogens is 308 g/mol. The molecule has 4 nitrogen and oxygen atoms in total. The van der Waals surface area contributed by atoms with E-state index in [1.54, 1.807) is 0 Å². The molecular formula is C21H20N4. The molecule has 2 heterocycles. The van der Waals surface area contributed by atoms with Gasteiger partial charge in [-0.25, -0.2) is 9.67 Å². The fourth-order valence-electron chi connectivity index (χ4n) is 3.09. The molecule has 0 unspecified atom stereocenters. The lowest BCUT2D eigenvalue weighted by atomic mass is 10.0. The number of benzene rings is 2. The Morgan fingerprint density at radius 1 is 0.960 bits per heavy atom. The monoisotopic (exact) mass is 328 g/mol. The average molecular weight is 328 g/mol. The van der Waals surface area contributed by atoms with Crippen molar-refractivity contribution >= 4 is 10.9 Å². The third kappa shape index (κ3) is 3.04. The van der Waals surface area contributed by atoms with Crippen LogP contribution in [0.15, 0.2) is 66.9 Å². The molecule has 0 saturated heterocycles. The molecule has 0 aliphatic carbocycles. The van der Waals surface area contributed by atoms with Gasteiger partial charge in [-0.15, -0.1) is 0 Å². The van der Waals surface area contributed by atoms with Crippen LogP contribution < -0.4 is 5.32 Å². The molecule has 0 fully saturated rings. The normalized spacial score (nSPS) is 11.1. The van der Waals surface area contributed by atoms with Crippen LogP contribution >= 0.6 is 0 Å². The first-order valence-corrected chi connectivity index (χ1v) is 8.40. The van der Waals surface area contributed by atoms with E-state index in [1.807, 2.05) is 43.0 Å². The fraction of sp³-hybridized carbons (Fsp3) is 0.143. The summed E-state index contributed by atoms with van der Waals surface area (Å²) in [4.78, 5) is 4.60. The molecule has 1 N–H and O–H groups in total. The Kier molecular flexibility index (Phi) is 4.04. The van der Waals surface area contributed by atoms with Crippen molar-refractivity contribution in [1.29, 1.82) is 0 Å². The smallest absolute Gasteiger partial charge is 0.154 e. The second kappa shape index (κ2) is 6.49. The van der Waals surface area contributed by atoms with Crippen LogP contribution in [0.3, 0.4) is 0 Å². The molecule has 0 atom stereocenters. The summed E-state index contributed by atoms with van der Waals surface area (Å²) in [5.41, 5.74) is 5.71. The van der Waals surface area contributed by atoms with Crippen molar-refractivity contribution in [2.45, 2.75) is 13.5 Å². The van der Waals surface area contributed by atoms with Gasteiger partial charge in [0.05, 0.1) is 11.7 Å². The van der Waals surface area contributed by atoms with E-state index in [1.165, 1.54) is 16.7 Å². The fourth-order valence-corrected chi connectivity index (χ4v) is 3.09. The third-order valence-electron chi connectivity index (χ3n) is 4.30. The van der Waals surface area contributed by atoms with Crippen LogP contribution in [0.1, 0.15) is 11.3 Å². The summed E-state index contributed by atoms with van der Waals surface area (Å²) in [5.74, 6) is 0.844. The van der Waals surface area contributed by atoms with E-state index in [9.17, 15) is 0 Å². The molecule has 4 rings (SSSR count). The number of pyridine rings is 1. The van der Waals surface area contributed by atoms with Crippen molar-refractivity contribution in [2.75, 3.05) is 7.05 Å². The minimum atomic E-state index is 0.844. The highest BCUT2D eigenvalue weighted by atomic mass is 15.3. The topological polar surface area (TPSA) is 42.7 Å². The highest BCUT2D eigenvalue weighted by Crippen LogP contribution is 2.26. The molecule has 4 aromatic rings. The second-order valence-electron chi connectivity index (χ2n) is 6.20. The van der Waals surface area contributed by atoms with E-state index in [-0.39, 0.29) is 0 Å². The van der Waals surface area contributed by atoms with Crippen molar-refractivity contribution in [3.8, 4) is 16.9 Å². The van der Waals surface area contributed by atoms with Gasteiger partial charge in [-0.1, -0.05) is 36.4 Å². The molecule has 4 heteroatoms. The largest absolute Gasteiger partial charge is 0.316 e. The van der Waals surface area contributed by atoms with Crippen molar-refractivity contribution in [2.24, 2.45) is 0 Å². The summed E-state index contributed by atoms with van der Waals surface area (Å²) in [6.07, 6.45) is 1.89. The van der Waals surface area contributed by atoms with Gasteiger partial charge in [0.15, 0.2) is 5.82 Å². The van der Waals surface area contributed by atoms with E-state index in [2.05, 4.69) is 57.9 Å². The molecule has 25 heavy (non-hydrogen) atoms. The number of hydrogen-bond donors (Lipinski definition) is 1. The third-order valence-corrected chi connectivity index (χ3v) is 4.30.